The van der Waals surface area contributed by atoms with Crippen LogP contribution in [-0.4, -0.2) is 27.5 Å². The fourth-order valence-corrected chi connectivity index (χ4v) is 3.20. The number of aryl methyl sites for hydroxylation is 2. The highest BCUT2D eigenvalue weighted by Gasteiger charge is 2.36. The van der Waals surface area contributed by atoms with E-state index < -0.39 is 0 Å². The van der Waals surface area contributed by atoms with Crippen LogP contribution in [0.2, 0.25) is 0 Å². The molecule has 0 radical (unpaired) electrons. The number of imide groups is 1. The van der Waals surface area contributed by atoms with Crippen molar-refractivity contribution in [3.8, 4) is 0 Å². The predicted octanol–water partition coefficient (Wildman–Crippen LogP) is 2.46. The average molecular weight is 374 g/mol. The van der Waals surface area contributed by atoms with Gasteiger partial charge in [-0.15, -0.1) is 0 Å². The summed E-state index contributed by atoms with van der Waals surface area (Å²) in [7, 11) is 1.84. The van der Waals surface area contributed by atoms with Crippen LogP contribution in [0.4, 0.5) is 5.69 Å². The zero-order chi connectivity index (χ0) is 19.8. The highest BCUT2D eigenvalue weighted by atomic mass is 16.2. The molecule has 7 nitrogen and oxygen atoms in total. The SMILES string of the molecule is Cc1cc(CNC(=O)c2cccc(N3C(=O)c4ccccc4C3=O)c2)nn1C. The number of carbonyl (C=O) groups excluding carboxylic acids is 3. The Balaban J connectivity index is 1.54. The summed E-state index contributed by atoms with van der Waals surface area (Å²) in [5.41, 5.74) is 3.22. The monoisotopic (exact) mass is 374 g/mol. The third kappa shape index (κ3) is 2.96. The Kier molecular flexibility index (Phi) is 4.27. The summed E-state index contributed by atoms with van der Waals surface area (Å²) in [5.74, 6) is -1.08. The van der Waals surface area contributed by atoms with E-state index in [1.165, 1.54) is 0 Å². The van der Waals surface area contributed by atoms with E-state index in [0.717, 1.165) is 16.3 Å². The van der Waals surface area contributed by atoms with Crippen molar-refractivity contribution in [3.63, 3.8) is 0 Å². The second-order valence-electron chi connectivity index (χ2n) is 6.62. The summed E-state index contributed by atoms with van der Waals surface area (Å²) in [6.45, 7) is 2.22. The van der Waals surface area contributed by atoms with Crippen molar-refractivity contribution in [1.29, 1.82) is 0 Å². The van der Waals surface area contributed by atoms with Crippen LogP contribution >= 0.6 is 0 Å². The van der Waals surface area contributed by atoms with E-state index in [0.29, 0.717) is 22.4 Å². The number of hydrogen-bond donors (Lipinski definition) is 1. The molecule has 0 atom stereocenters. The number of nitrogens with zero attached hydrogens (tertiary/aromatic N) is 3. The van der Waals surface area contributed by atoms with Gasteiger partial charge < -0.3 is 5.32 Å². The van der Waals surface area contributed by atoms with Crippen LogP contribution in [0.15, 0.2) is 54.6 Å². The van der Waals surface area contributed by atoms with Gasteiger partial charge in [0.15, 0.2) is 0 Å². The van der Waals surface area contributed by atoms with Crippen LogP contribution in [0.3, 0.4) is 0 Å². The Bertz CT molecular complexity index is 1060. The van der Waals surface area contributed by atoms with Gasteiger partial charge in [0, 0.05) is 18.3 Å². The number of aromatic nitrogens is 2. The number of anilines is 1. The Morgan fingerprint density at radius 2 is 1.68 bits per heavy atom. The van der Waals surface area contributed by atoms with E-state index in [-0.39, 0.29) is 24.3 Å². The molecule has 3 aromatic rings. The molecule has 4 rings (SSSR count). The molecule has 2 heterocycles. The van der Waals surface area contributed by atoms with Gasteiger partial charge in [0.25, 0.3) is 17.7 Å². The van der Waals surface area contributed by atoms with Crippen molar-refractivity contribution in [2.75, 3.05) is 4.90 Å². The zero-order valence-electron chi connectivity index (χ0n) is 15.5. The first-order chi connectivity index (χ1) is 13.5. The maximum Gasteiger partial charge on any atom is 0.266 e. The lowest BCUT2D eigenvalue weighted by atomic mass is 10.1. The molecule has 0 fully saturated rings. The summed E-state index contributed by atoms with van der Waals surface area (Å²) in [5, 5.41) is 7.11. The molecule has 7 heteroatoms. The quantitative estimate of drug-likeness (QED) is 0.711. The van der Waals surface area contributed by atoms with Gasteiger partial charge in [-0.25, -0.2) is 4.90 Å². The van der Waals surface area contributed by atoms with Crippen LogP contribution in [0.25, 0.3) is 0 Å². The molecule has 0 spiro atoms. The third-order valence-corrected chi connectivity index (χ3v) is 4.76. The molecule has 28 heavy (non-hydrogen) atoms. The second-order valence-corrected chi connectivity index (χ2v) is 6.62. The molecule has 1 N–H and O–H groups in total. The molecule has 0 saturated carbocycles. The molecule has 1 aliphatic heterocycles. The highest BCUT2D eigenvalue weighted by Crippen LogP contribution is 2.28. The van der Waals surface area contributed by atoms with E-state index in [2.05, 4.69) is 10.4 Å². The van der Waals surface area contributed by atoms with Crippen LogP contribution in [0.5, 0.6) is 0 Å². The molecule has 0 bridgehead atoms. The summed E-state index contributed by atoms with van der Waals surface area (Å²) in [6.07, 6.45) is 0. The van der Waals surface area contributed by atoms with Crippen LogP contribution in [0, 0.1) is 6.92 Å². The molecule has 3 amide bonds. The van der Waals surface area contributed by atoms with Gasteiger partial charge in [-0.1, -0.05) is 18.2 Å². The van der Waals surface area contributed by atoms with Gasteiger partial charge in [-0.05, 0) is 43.3 Å². The average Bonchev–Trinajstić information content (AvgIpc) is 3.16. The Morgan fingerprint density at radius 3 is 2.29 bits per heavy atom. The normalized spacial score (nSPS) is 13.0. The van der Waals surface area contributed by atoms with Crippen molar-refractivity contribution in [2.24, 2.45) is 7.05 Å². The largest absolute Gasteiger partial charge is 0.346 e. The van der Waals surface area contributed by atoms with Gasteiger partial charge in [0.05, 0.1) is 29.1 Å². The summed E-state index contributed by atoms with van der Waals surface area (Å²) >= 11 is 0. The fourth-order valence-electron chi connectivity index (χ4n) is 3.20. The van der Waals surface area contributed by atoms with Gasteiger partial charge in [-0.3, -0.25) is 19.1 Å². The van der Waals surface area contributed by atoms with Crippen molar-refractivity contribution in [3.05, 3.63) is 82.7 Å². The molecule has 0 unspecified atom stereocenters. The van der Waals surface area contributed by atoms with Crippen molar-refractivity contribution in [1.82, 2.24) is 15.1 Å². The Hall–Kier alpha value is -3.74. The number of rotatable bonds is 4. The number of benzene rings is 2. The van der Waals surface area contributed by atoms with Crippen LogP contribution < -0.4 is 10.2 Å². The van der Waals surface area contributed by atoms with Crippen LogP contribution in [-0.2, 0) is 13.6 Å². The molecular weight excluding hydrogens is 356 g/mol. The smallest absolute Gasteiger partial charge is 0.266 e. The number of fused-ring (bicyclic) bond motifs is 1. The minimum absolute atomic E-state index is 0.289. The van der Waals surface area contributed by atoms with Crippen LogP contribution in [0.1, 0.15) is 42.5 Å². The first-order valence-electron chi connectivity index (χ1n) is 8.81. The predicted molar refractivity (Wildman–Crippen MR) is 103 cm³/mol. The van der Waals surface area contributed by atoms with Gasteiger partial charge >= 0.3 is 0 Å². The summed E-state index contributed by atoms with van der Waals surface area (Å²) < 4.78 is 1.74. The standard InChI is InChI=1S/C21H18N4O3/c1-13-10-15(23-24(13)2)12-22-19(26)14-6-5-7-16(11-14)25-20(27)17-8-3-4-9-18(17)21(25)28/h3-11H,12H2,1-2H3,(H,22,26). The van der Waals surface area contributed by atoms with E-state index >= 15 is 0 Å². The minimum Gasteiger partial charge on any atom is -0.346 e. The first kappa shape index (κ1) is 17.7. The summed E-state index contributed by atoms with van der Waals surface area (Å²) in [6, 6.07) is 15.1. The van der Waals surface area contributed by atoms with Crippen molar-refractivity contribution in [2.45, 2.75) is 13.5 Å². The van der Waals surface area contributed by atoms with Gasteiger partial charge in [0.2, 0.25) is 0 Å². The first-order valence-corrected chi connectivity index (χ1v) is 8.81. The molecular formula is C21H18N4O3. The third-order valence-electron chi connectivity index (χ3n) is 4.76. The van der Waals surface area contributed by atoms with Crippen molar-refractivity contribution >= 4 is 23.4 Å². The molecule has 1 aliphatic rings. The number of amides is 3. The lowest BCUT2D eigenvalue weighted by molar-refractivity contribution is 0.0919. The van der Waals surface area contributed by atoms with Gasteiger partial charge in [-0.2, -0.15) is 5.10 Å². The van der Waals surface area contributed by atoms with E-state index in [9.17, 15) is 14.4 Å². The lowest BCUT2D eigenvalue weighted by Crippen LogP contribution is -2.30. The summed E-state index contributed by atoms with van der Waals surface area (Å²) in [4.78, 5) is 38.9. The fraction of sp³-hybridized carbons (Fsp3) is 0.143. The highest BCUT2D eigenvalue weighted by molar-refractivity contribution is 6.34. The zero-order valence-corrected chi connectivity index (χ0v) is 15.5. The van der Waals surface area contributed by atoms with E-state index in [1.807, 2.05) is 20.0 Å². The van der Waals surface area contributed by atoms with E-state index in [4.69, 9.17) is 0 Å². The topological polar surface area (TPSA) is 84.3 Å². The molecule has 0 saturated heterocycles. The minimum atomic E-state index is -0.387. The molecule has 1 aromatic heterocycles. The maximum atomic E-state index is 12.6. The molecule has 140 valence electrons. The maximum absolute atomic E-state index is 12.6. The number of nitrogens with one attached hydrogen (secondary N) is 1. The van der Waals surface area contributed by atoms with Crippen molar-refractivity contribution < 1.29 is 14.4 Å². The lowest BCUT2D eigenvalue weighted by Gasteiger charge is -2.15. The number of carbonyl (C=O) groups is 3. The van der Waals surface area contributed by atoms with Gasteiger partial charge in [0.1, 0.15) is 0 Å². The Labute approximate surface area is 161 Å². The Morgan fingerprint density at radius 1 is 1.00 bits per heavy atom. The molecule has 0 aliphatic carbocycles. The molecule has 2 aromatic carbocycles. The van der Waals surface area contributed by atoms with E-state index in [1.54, 1.807) is 53.2 Å². The number of hydrogen-bond acceptors (Lipinski definition) is 4. The second kappa shape index (κ2) is 6.77.